The Bertz CT molecular complexity index is 1050. The van der Waals surface area contributed by atoms with Gasteiger partial charge in [0.25, 0.3) is 11.6 Å². The van der Waals surface area contributed by atoms with E-state index in [2.05, 4.69) is 15.2 Å². The summed E-state index contributed by atoms with van der Waals surface area (Å²) < 4.78 is 0. The summed E-state index contributed by atoms with van der Waals surface area (Å²) in [6.45, 7) is 1.78. The number of nitrogens with zero attached hydrogens (tertiary/aromatic N) is 3. The molecule has 0 bridgehead atoms. The summed E-state index contributed by atoms with van der Waals surface area (Å²) in [7, 11) is 0. The summed E-state index contributed by atoms with van der Waals surface area (Å²) in [5, 5.41) is 13.9. The molecule has 0 saturated heterocycles. The Morgan fingerprint density at radius 1 is 1.10 bits per heavy atom. The van der Waals surface area contributed by atoms with Gasteiger partial charge in [-0.25, -0.2) is 0 Å². The van der Waals surface area contributed by atoms with Crippen LogP contribution in [0.2, 0.25) is 0 Å². The maximum atomic E-state index is 12.5. The Morgan fingerprint density at radius 2 is 1.93 bits per heavy atom. The Hall–Kier alpha value is -3.74. The van der Waals surface area contributed by atoms with Crippen LogP contribution in [0.3, 0.4) is 0 Å². The molecule has 3 aromatic rings. The normalized spacial score (nSPS) is 12.9. The summed E-state index contributed by atoms with van der Waals surface area (Å²) >= 11 is 0. The van der Waals surface area contributed by atoms with Crippen molar-refractivity contribution < 1.29 is 9.72 Å². The predicted octanol–water partition coefficient (Wildman–Crippen LogP) is 3.48. The van der Waals surface area contributed by atoms with E-state index in [0.29, 0.717) is 18.8 Å². The number of pyridine rings is 1. The number of aromatic nitrogens is 1. The van der Waals surface area contributed by atoms with E-state index in [1.807, 2.05) is 42.5 Å². The van der Waals surface area contributed by atoms with Gasteiger partial charge in [-0.1, -0.05) is 36.4 Å². The number of carbonyl (C=O) groups excluding carboxylic acids is 1. The lowest BCUT2D eigenvalue weighted by Crippen LogP contribution is -2.31. The first kappa shape index (κ1) is 18.6. The largest absolute Gasteiger partial charge is 0.367 e. The monoisotopic (exact) mass is 388 g/mol. The Morgan fingerprint density at radius 3 is 2.72 bits per heavy atom. The Labute approximate surface area is 168 Å². The molecule has 0 spiro atoms. The number of benzene rings is 2. The van der Waals surface area contributed by atoms with Crippen LogP contribution in [0.5, 0.6) is 0 Å². The van der Waals surface area contributed by atoms with E-state index in [9.17, 15) is 14.9 Å². The van der Waals surface area contributed by atoms with Crippen LogP contribution in [-0.4, -0.2) is 22.4 Å². The van der Waals surface area contributed by atoms with Crippen molar-refractivity contribution in [2.75, 3.05) is 11.4 Å². The molecule has 0 aliphatic carbocycles. The van der Waals surface area contributed by atoms with E-state index in [0.717, 1.165) is 35.3 Å². The zero-order chi connectivity index (χ0) is 20.2. The van der Waals surface area contributed by atoms with Crippen molar-refractivity contribution in [1.29, 1.82) is 0 Å². The molecule has 2 aromatic carbocycles. The third-order valence-corrected chi connectivity index (χ3v) is 5.05. The van der Waals surface area contributed by atoms with Gasteiger partial charge in [0.05, 0.1) is 4.92 Å². The van der Waals surface area contributed by atoms with E-state index in [1.165, 1.54) is 0 Å². The summed E-state index contributed by atoms with van der Waals surface area (Å²) in [6.07, 6.45) is 2.42. The highest BCUT2D eigenvalue weighted by Crippen LogP contribution is 2.27. The Kier molecular flexibility index (Phi) is 5.20. The van der Waals surface area contributed by atoms with Gasteiger partial charge in [0, 0.05) is 43.7 Å². The van der Waals surface area contributed by atoms with Crippen molar-refractivity contribution in [2.45, 2.75) is 19.5 Å². The molecule has 0 fully saturated rings. The number of nitro benzene ring substituents is 1. The zero-order valence-corrected chi connectivity index (χ0v) is 15.7. The minimum Gasteiger partial charge on any atom is -0.367 e. The van der Waals surface area contributed by atoms with Gasteiger partial charge < -0.3 is 10.2 Å². The lowest BCUT2D eigenvalue weighted by molar-refractivity contribution is -0.384. The molecule has 1 amide bonds. The Balaban J connectivity index is 1.48. The summed E-state index contributed by atoms with van der Waals surface area (Å²) in [5.41, 5.74) is 4.41. The van der Waals surface area contributed by atoms with E-state index in [-0.39, 0.29) is 16.5 Å². The van der Waals surface area contributed by atoms with Gasteiger partial charge in [-0.3, -0.25) is 19.9 Å². The highest BCUT2D eigenvalue weighted by molar-refractivity contribution is 5.93. The number of carbonyl (C=O) groups is 1. The van der Waals surface area contributed by atoms with Gasteiger partial charge in [0.15, 0.2) is 0 Å². The molecule has 1 aliphatic heterocycles. The third-order valence-electron chi connectivity index (χ3n) is 5.05. The number of amides is 1. The molecule has 146 valence electrons. The standard InChI is InChI=1S/C22H20N4O3/c27-22(24-14-16-4-2-1-3-5-16)21-13-19(8-10-23-21)25-11-9-17-6-7-20(26(28)29)12-18(17)15-25/h1-8,10,12-13H,9,11,14-15H2,(H,24,27). The molecular weight excluding hydrogens is 368 g/mol. The summed E-state index contributed by atoms with van der Waals surface area (Å²) in [4.78, 5) is 29.5. The van der Waals surface area contributed by atoms with Gasteiger partial charge in [0.1, 0.15) is 5.69 Å². The predicted molar refractivity (Wildman–Crippen MR) is 110 cm³/mol. The van der Waals surface area contributed by atoms with Crippen LogP contribution in [0.4, 0.5) is 11.4 Å². The SMILES string of the molecule is O=C(NCc1ccccc1)c1cc(N2CCc3ccc([N+](=O)[O-])cc3C2)ccn1. The molecule has 0 unspecified atom stereocenters. The molecule has 0 atom stereocenters. The van der Waals surface area contributed by atoms with Crippen LogP contribution in [0, 0.1) is 10.1 Å². The second-order valence-corrected chi connectivity index (χ2v) is 6.95. The van der Waals surface area contributed by atoms with Crippen LogP contribution < -0.4 is 10.2 Å². The summed E-state index contributed by atoms with van der Waals surface area (Å²) in [5.74, 6) is -0.233. The van der Waals surface area contributed by atoms with Crippen LogP contribution in [0.25, 0.3) is 0 Å². The van der Waals surface area contributed by atoms with E-state index in [1.54, 1.807) is 24.4 Å². The average Bonchev–Trinajstić information content (AvgIpc) is 2.77. The maximum Gasteiger partial charge on any atom is 0.270 e. The number of nitro groups is 1. The quantitative estimate of drug-likeness (QED) is 0.534. The highest BCUT2D eigenvalue weighted by Gasteiger charge is 2.20. The average molecular weight is 388 g/mol. The van der Waals surface area contributed by atoms with Crippen LogP contribution in [0.15, 0.2) is 66.9 Å². The minimum absolute atomic E-state index is 0.0984. The van der Waals surface area contributed by atoms with Crippen LogP contribution >= 0.6 is 0 Å². The van der Waals surface area contributed by atoms with Crippen molar-refractivity contribution in [3.05, 3.63) is 99.4 Å². The fraction of sp³-hybridized carbons (Fsp3) is 0.182. The van der Waals surface area contributed by atoms with Gasteiger partial charge in [-0.2, -0.15) is 0 Å². The van der Waals surface area contributed by atoms with E-state index < -0.39 is 0 Å². The first-order valence-corrected chi connectivity index (χ1v) is 9.39. The molecule has 2 heterocycles. The zero-order valence-electron chi connectivity index (χ0n) is 15.7. The molecule has 7 heteroatoms. The number of hydrogen-bond acceptors (Lipinski definition) is 5. The van der Waals surface area contributed by atoms with Crippen molar-refractivity contribution in [1.82, 2.24) is 10.3 Å². The van der Waals surface area contributed by atoms with Gasteiger partial charge in [-0.05, 0) is 35.2 Å². The molecular formula is C22H20N4O3. The van der Waals surface area contributed by atoms with Gasteiger partial charge >= 0.3 is 0 Å². The van der Waals surface area contributed by atoms with Crippen molar-refractivity contribution in [2.24, 2.45) is 0 Å². The number of rotatable bonds is 5. The van der Waals surface area contributed by atoms with Crippen molar-refractivity contribution in [3.8, 4) is 0 Å². The molecule has 1 aliphatic rings. The van der Waals surface area contributed by atoms with Crippen molar-refractivity contribution >= 4 is 17.3 Å². The van der Waals surface area contributed by atoms with Crippen molar-refractivity contribution in [3.63, 3.8) is 0 Å². The lowest BCUT2D eigenvalue weighted by atomic mass is 9.98. The highest BCUT2D eigenvalue weighted by atomic mass is 16.6. The second-order valence-electron chi connectivity index (χ2n) is 6.95. The molecule has 29 heavy (non-hydrogen) atoms. The third kappa shape index (κ3) is 4.24. The molecule has 0 radical (unpaired) electrons. The van der Waals surface area contributed by atoms with E-state index >= 15 is 0 Å². The van der Waals surface area contributed by atoms with Gasteiger partial charge in [0.2, 0.25) is 0 Å². The molecule has 1 N–H and O–H groups in total. The van der Waals surface area contributed by atoms with Crippen LogP contribution in [0.1, 0.15) is 27.2 Å². The fourth-order valence-corrected chi connectivity index (χ4v) is 3.49. The topological polar surface area (TPSA) is 88.4 Å². The molecule has 0 saturated carbocycles. The van der Waals surface area contributed by atoms with E-state index in [4.69, 9.17) is 0 Å². The number of hydrogen-bond donors (Lipinski definition) is 1. The molecule has 1 aromatic heterocycles. The first-order valence-electron chi connectivity index (χ1n) is 9.39. The number of nitrogens with one attached hydrogen (secondary N) is 1. The number of fused-ring (bicyclic) bond motifs is 1. The maximum absolute atomic E-state index is 12.5. The molecule has 7 nitrogen and oxygen atoms in total. The van der Waals surface area contributed by atoms with Crippen LogP contribution in [-0.2, 0) is 19.5 Å². The lowest BCUT2D eigenvalue weighted by Gasteiger charge is -2.30. The second kappa shape index (κ2) is 8.10. The number of non-ortho nitro benzene ring substituents is 1. The number of anilines is 1. The van der Waals surface area contributed by atoms with Gasteiger partial charge in [-0.15, -0.1) is 0 Å². The fourth-order valence-electron chi connectivity index (χ4n) is 3.49. The first-order chi connectivity index (χ1) is 14.1. The molecule has 4 rings (SSSR count). The minimum atomic E-state index is -0.374. The smallest absolute Gasteiger partial charge is 0.270 e. The summed E-state index contributed by atoms with van der Waals surface area (Å²) in [6, 6.07) is 18.3.